The molecule has 0 fully saturated rings. The van der Waals surface area contributed by atoms with Gasteiger partial charge in [0.25, 0.3) is 0 Å². The summed E-state index contributed by atoms with van der Waals surface area (Å²) in [7, 11) is 0. The SMILES string of the molecule is CC(C)(CO)CCCNCc1ccn[nH]1. The maximum Gasteiger partial charge on any atom is 0.0490 e. The first-order valence-corrected chi connectivity index (χ1v) is 5.44. The average Bonchev–Trinajstić information content (AvgIpc) is 2.70. The molecule has 15 heavy (non-hydrogen) atoms. The van der Waals surface area contributed by atoms with Crippen LogP contribution in [0.3, 0.4) is 0 Å². The predicted molar refractivity (Wildman–Crippen MR) is 60.4 cm³/mol. The van der Waals surface area contributed by atoms with Crippen LogP contribution >= 0.6 is 0 Å². The standard InChI is InChI=1S/C11H21N3O/c1-11(2,9-15)5-3-6-12-8-10-4-7-13-14-10/h4,7,12,15H,3,5-6,8-9H2,1-2H3,(H,13,14). The van der Waals surface area contributed by atoms with Crippen LogP contribution in [-0.4, -0.2) is 28.5 Å². The summed E-state index contributed by atoms with van der Waals surface area (Å²) in [5.74, 6) is 0. The second kappa shape index (κ2) is 5.88. The Hall–Kier alpha value is -0.870. The molecule has 0 unspecified atom stereocenters. The third kappa shape index (κ3) is 4.95. The van der Waals surface area contributed by atoms with Gasteiger partial charge in [-0.1, -0.05) is 13.8 Å². The van der Waals surface area contributed by atoms with E-state index in [2.05, 4.69) is 29.4 Å². The van der Waals surface area contributed by atoms with E-state index in [4.69, 9.17) is 5.11 Å². The van der Waals surface area contributed by atoms with Crippen LogP contribution in [0.1, 0.15) is 32.4 Å². The van der Waals surface area contributed by atoms with E-state index in [1.165, 1.54) is 0 Å². The van der Waals surface area contributed by atoms with E-state index in [9.17, 15) is 0 Å². The second-order valence-electron chi connectivity index (χ2n) is 4.68. The number of rotatable bonds is 7. The van der Waals surface area contributed by atoms with E-state index in [1.54, 1.807) is 6.20 Å². The minimum atomic E-state index is 0.0513. The van der Waals surface area contributed by atoms with Crippen molar-refractivity contribution >= 4 is 0 Å². The van der Waals surface area contributed by atoms with Gasteiger partial charge in [0.05, 0.1) is 0 Å². The van der Waals surface area contributed by atoms with Crippen LogP contribution in [0.2, 0.25) is 0 Å². The van der Waals surface area contributed by atoms with Crippen LogP contribution in [0, 0.1) is 5.41 Å². The lowest BCUT2D eigenvalue weighted by molar-refractivity contribution is 0.148. The molecule has 0 saturated carbocycles. The Morgan fingerprint density at radius 1 is 1.53 bits per heavy atom. The van der Waals surface area contributed by atoms with Gasteiger partial charge in [-0.05, 0) is 30.9 Å². The predicted octanol–water partition coefficient (Wildman–Crippen LogP) is 1.30. The molecule has 4 heteroatoms. The largest absolute Gasteiger partial charge is 0.396 e. The number of aliphatic hydroxyl groups is 1. The molecule has 86 valence electrons. The van der Waals surface area contributed by atoms with Crippen LogP contribution in [0.25, 0.3) is 0 Å². The minimum Gasteiger partial charge on any atom is -0.396 e. The zero-order valence-corrected chi connectivity index (χ0v) is 9.58. The zero-order valence-electron chi connectivity index (χ0n) is 9.58. The van der Waals surface area contributed by atoms with Gasteiger partial charge in [-0.15, -0.1) is 0 Å². The first kappa shape index (κ1) is 12.2. The maximum absolute atomic E-state index is 9.07. The van der Waals surface area contributed by atoms with Crippen molar-refractivity contribution in [3.63, 3.8) is 0 Å². The van der Waals surface area contributed by atoms with Gasteiger partial charge in [0.15, 0.2) is 0 Å². The molecular formula is C11H21N3O. The van der Waals surface area contributed by atoms with Crippen LogP contribution in [0.5, 0.6) is 0 Å². The van der Waals surface area contributed by atoms with Crippen LogP contribution in [-0.2, 0) is 6.54 Å². The quantitative estimate of drug-likeness (QED) is 0.596. The van der Waals surface area contributed by atoms with Gasteiger partial charge < -0.3 is 10.4 Å². The Morgan fingerprint density at radius 3 is 2.93 bits per heavy atom. The lowest BCUT2D eigenvalue weighted by Crippen LogP contribution is -2.21. The number of aliphatic hydroxyl groups excluding tert-OH is 1. The lowest BCUT2D eigenvalue weighted by Gasteiger charge is -2.21. The molecule has 0 aromatic carbocycles. The molecule has 0 bridgehead atoms. The molecule has 0 aliphatic carbocycles. The summed E-state index contributed by atoms with van der Waals surface area (Å²) in [5, 5.41) is 19.2. The molecule has 0 aliphatic rings. The topological polar surface area (TPSA) is 60.9 Å². The number of aromatic nitrogens is 2. The van der Waals surface area contributed by atoms with Crippen molar-refractivity contribution in [3.05, 3.63) is 18.0 Å². The number of aromatic amines is 1. The van der Waals surface area contributed by atoms with Gasteiger partial charge in [-0.2, -0.15) is 5.10 Å². The first-order valence-electron chi connectivity index (χ1n) is 5.44. The van der Waals surface area contributed by atoms with Crippen molar-refractivity contribution in [2.24, 2.45) is 5.41 Å². The third-order valence-electron chi connectivity index (χ3n) is 2.51. The van der Waals surface area contributed by atoms with Crippen LogP contribution in [0.15, 0.2) is 12.3 Å². The fourth-order valence-electron chi connectivity index (χ4n) is 1.38. The number of hydrogen-bond donors (Lipinski definition) is 3. The zero-order chi connectivity index (χ0) is 11.1. The summed E-state index contributed by atoms with van der Waals surface area (Å²) >= 11 is 0. The Balaban J connectivity index is 2.03. The molecule has 1 aromatic heterocycles. The molecule has 1 rings (SSSR count). The lowest BCUT2D eigenvalue weighted by atomic mass is 9.89. The fourth-order valence-corrected chi connectivity index (χ4v) is 1.38. The number of H-pyrrole nitrogens is 1. The maximum atomic E-state index is 9.07. The molecule has 3 N–H and O–H groups in total. The van der Waals surface area contributed by atoms with Crippen molar-refractivity contribution < 1.29 is 5.11 Å². The van der Waals surface area contributed by atoms with Gasteiger partial charge in [0, 0.05) is 25.0 Å². The highest BCUT2D eigenvalue weighted by Crippen LogP contribution is 2.20. The molecule has 1 aromatic rings. The molecule has 0 atom stereocenters. The molecule has 1 heterocycles. The second-order valence-corrected chi connectivity index (χ2v) is 4.68. The van der Waals surface area contributed by atoms with Crippen molar-refractivity contribution in [3.8, 4) is 0 Å². The van der Waals surface area contributed by atoms with Gasteiger partial charge >= 0.3 is 0 Å². The van der Waals surface area contributed by atoms with E-state index < -0.39 is 0 Å². The molecule has 4 nitrogen and oxygen atoms in total. The number of hydrogen-bond acceptors (Lipinski definition) is 3. The van der Waals surface area contributed by atoms with Gasteiger partial charge in [0.2, 0.25) is 0 Å². The molecule has 0 radical (unpaired) electrons. The summed E-state index contributed by atoms with van der Waals surface area (Å²) < 4.78 is 0. The first-order chi connectivity index (χ1) is 7.14. The highest BCUT2D eigenvalue weighted by molar-refractivity contribution is 4.96. The van der Waals surface area contributed by atoms with Gasteiger partial charge in [-0.25, -0.2) is 0 Å². The Morgan fingerprint density at radius 2 is 2.33 bits per heavy atom. The minimum absolute atomic E-state index is 0.0513. The van der Waals surface area contributed by atoms with E-state index in [0.717, 1.165) is 31.6 Å². The van der Waals surface area contributed by atoms with Crippen LogP contribution < -0.4 is 5.32 Å². The third-order valence-corrected chi connectivity index (χ3v) is 2.51. The Bertz CT molecular complexity index is 257. The summed E-state index contributed by atoms with van der Waals surface area (Å²) in [6.45, 7) is 6.24. The summed E-state index contributed by atoms with van der Waals surface area (Å²) in [5.41, 5.74) is 1.16. The van der Waals surface area contributed by atoms with Crippen LogP contribution in [0.4, 0.5) is 0 Å². The molecular weight excluding hydrogens is 190 g/mol. The smallest absolute Gasteiger partial charge is 0.0490 e. The highest BCUT2D eigenvalue weighted by Gasteiger charge is 2.14. The highest BCUT2D eigenvalue weighted by atomic mass is 16.3. The van der Waals surface area contributed by atoms with Gasteiger partial charge in [0.1, 0.15) is 0 Å². The van der Waals surface area contributed by atoms with E-state index in [0.29, 0.717) is 0 Å². The molecule has 0 amide bonds. The molecule has 0 spiro atoms. The summed E-state index contributed by atoms with van der Waals surface area (Å²) in [6, 6.07) is 1.96. The molecule has 0 aliphatic heterocycles. The monoisotopic (exact) mass is 211 g/mol. The van der Waals surface area contributed by atoms with Crippen molar-refractivity contribution in [1.82, 2.24) is 15.5 Å². The Kier molecular flexibility index (Phi) is 4.78. The van der Waals surface area contributed by atoms with E-state index in [1.807, 2.05) is 6.07 Å². The number of nitrogens with zero attached hydrogens (tertiary/aromatic N) is 1. The van der Waals surface area contributed by atoms with Crippen molar-refractivity contribution in [2.75, 3.05) is 13.2 Å². The van der Waals surface area contributed by atoms with Crippen molar-refractivity contribution in [1.29, 1.82) is 0 Å². The molecule has 0 saturated heterocycles. The average molecular weight is 211 g/mol. The van der Waals surface area contributed by atoms with E-state index >= 15 is 0 Å². The number of nitrogens with one attached hydrogen (secondary N) is 2. The van der Waals surface area contributed by atoms with Crippen molar-refractivity contribution in [2.45, 2.75) is 33.2 Å². The summed E-state index contributed by atoms with van der Waals surface area (Å²) in [6.07, 6.45) is 3.88. The normalized spacial score (nSPS) is 11.9. The van der Waals surface area contributed by atoms with E-state index in [-0.39, 0.29) is 12.0 Å². The fraction of sp³-hybridized carbons (Fsp3) is 0.727. The Labute approximate surface area is 91.1 Å². The van der Waals surface area contributed by atoms with Gasteiger partial charge in [-0.3, -0.25) is 5.10 Å². The summed E-state index contributed by atoms with van der Waals surface area (Å²) in [4.78, 5) is 0.